The Morgan fingerprint density at radius 3 is 2.73 bits per heavy atom. The second-order valence-electron chi connectivity index (χ2n) is 6.06. The van der Waals surface area contributed by atoms with E-state index < -0.39 is 0 Å². The van der Waals surface area contributed by atoms with Crippen LogP contribution in [0.2, 0.25) is 10.0 Å². The molecule has 1 N–H and O–H groups in total. The molecule has 0 radical (unpaired) electrons. The van der Waals surface area contributed by atoms with Crippen molar-refractivity contribution in [2.24, 2.45) is 0 Å². The molecule has 26 heavy (non-hydrogen) atoms. The molecule has 1 fully saturated rings. The lowest BCUT2D eigenvalue weighted by Crippen LogP contribution is -2.25. The number of aryl methyl sites for hydroxylation is 1. The van der Waals surface area contributed by atoms with Gasteiger partial charge in [-0.3, -0.25) is 9.59 Å². The van der Waals surface area contributed by atoms with Crippen LogP contribution < -0.4 is 15.0 Å². The molecule has 0 atom stereocenters. The van der Waals surface area contributed by atoms with E-state index in [0.717, 1.165) is 17.7 Å². The first kappa shape index (κ1) is 18.5. The van der Waals surface area contributed by atoms with E-state index in [2.05, 4.69) is 5.32 Å². The maximum atomic E-state index is 12.2. The predicted octanol–water partition coefficient (Wildman–Crippen LogP) is 4.45. The first-order valence-corrected chi connectivity index (χ1v) is 8.98. The number of benzene rings is 2. The molecule has 1 aliphatic rings. The zero-order valence-electron chi connectivity index (χ0n) is 14.2. The Hall–Kier alpha value is -2.24. The van der Waals surface area contributed by atoms with Crippen molar-refractivity contribution < 1.29 is 14.3 Å². The van der Waals surface area contributed by atoms with Crippen LogP contribution in [-0.4, -0.2) is 25.0 Å². The van der Waals surface area contributed by atoms with Crippen molar-refractivity contribution in [3.8, 4) is 5.75 Å². The maximum absolute atomic E-state index is 12.2. The molecule has 2 amide bonds. The monoisotopic (exact) mass is 392 g/mol. The van der Waals surface area contributed by atoms with Gasteiger partial charge in [0.2, 0.25) is 5.91 Å². The van der Waals surface area contributed by atoms with Crippen LogP contribution in [0, 0.1) is 6.92 Å². The van der Waals surface area contributed by atoms with Crippen LogP contribution >= 0.6 is 23.2 Å². The first-order chi connectivity index (χ1) is 12.4. The molecule has 0 unspecified atom stereocenters. The molecule has 2 aromatic carbocycles. The molecule has 7 heteroatoms. The van der Waals surface area contributed by atoms with Gasteiger partial charge in [-0.25, -0.2) is 0 Å². The van der Waals surface area contributed by atoms with E-state index in [1.807, 2.05) is 19.1 Å². The maximum Gasteiger partial charge on any atom is 0.262 e. The smallest absolute Gasteiger partial charge is 0.262 e. The number of halogens is 2. The summed E-state index contributed by atoms with van der Waals surface area (Å²) < 4.78 is 5.43. The molecule has 0 bridgehead atoms. The third-order valence-corrected chi connectivity index (χ3v) is 4.64. The average Bonchev–Trinajstić information content (AvgIpc) is 3.01. The minimum Gasteiger partial charge on any atom is -0.482 e. The second-order valence-corrected chi connectivity index (χ2v) is 6.91. The van der Waals surface area contributed by atoms with Gasteiger partial charge in [-0.15, -0.1) is 0 Å². The van der Waals surface area contributed by atoms with Crippen LogP contribution in [-0.2, 0) is 9.59 Å². The fraction of sp³-hybridized carbons (Fsp3) is 0.263. The normalized spacial score (nSPS) is 13.8. The van der Waals surface area contributed by atoms with E-state index in [-0.39, 0.29) is 18.4 Å². The van der Waals surface area contributed by atoms with Gasteiger partial charge in [0.1, 0.15) is 5.75 Å². The summed E-state index contributed by atoms with van der Waals surface area (Å²) in [6.07, 6.45) is 1.41. The van der Waals surface area contributed by atoms with Gasteiger partial charge in [0, 0.05) is 29.4 Å². The minimum atomic E-state index is -0.321. The molecular weight excluding hydrogens is 375 g/mol. The van der Waals surface area contributed by atoms with Crippen molar-refractivity contribution in [1.82, 2.24) is 0 Å². The zero-order chi connectivity index (χ0) is 18.7. The van der Waals surface area contributed by atoms with Crippen molar-refractivity contribution in [3.05, 3.63) is 52.0 Å². The van der Waals surface area contributed by atoms with E-state index in [1.54, 1.807) is 29.2 Å². The number of nitrogens with one attached hydrogen (secondary N) is 1. The third kappa shape index (κ3) is 4.29. The van der Waals surface area contributed by atoms with Gasteiger partial charge in [-0.2, -0.15) is 0 Å². The van der Waals surface area contributed by atoms with Gasteiger partial charge in [-0.05, 0) is 49.2 Å². The zero-order valence-corrected chi connectivity index (χ0v) is 15.7. The molecule has 1 saturated heterocycles. The highest BCUT2D eigenvalue weighted by molar-refractivity contribution is 6.35. The lowest BCUT2D eigenvalue weighted by Gasteiger charge is -2.19. The van der Waals surface area contributed by atoms with Crippen LogP contribution in [0.3, 0.4) is 0 Å². The summed E-state index contributed by atoms with van der Waals surface area (Å²) in [6.45, 7) is 2.46. The molecule has 136 valence electrons. The SMILES string of the molecule is Cc1ccc(NC(=O)COc2ccc(Cl)cc2Cl)cc1N1CCCC1=O. The number of carbonyl (C=O) groups excluding carboxylic acids is 2. The Morgan fingerprint density at radius 2 is 2.04 bits per heavy atom. The Balaban J connectivity index is 1.65. The molecule has 1 heterocycles. The molecule has 2 aromatic rings. The first-order valence-electron chi connectivity index (χ1n) is 8.23. The molecular formula is C19H18Cl2N2O3. The van der Waals surface area contributed by atoms with Crippen molar-refractivity contribution >= 4 is 46.4 Å². The van der Waals surface area contributed by atoms with Crippen LogP contribution in [0.5, 0.6) is 5.75 Å². The summed E-state index contributed by atoms with van der Waals surface area (Å²) in [4.78, 5) is 25.9. The van der Waals surface area contributed by atoms with E-state index >= 15 is 0 Å². The van der Waals surface area contributed by atoms with Gasteiger partial charge in [0.15, 0.2) is 6.61 Å². The highest BCUT2D eigenvalue weighted by Crippen LogP contribution is 2.29. The topological polar surface area (TPSA) is 58.6 Å². The Labute approximate surface area is 161 Å². The summed E-state index contributed by atoms with van der Waals surface area (Å²) >= 11 is 11.9. The molecule has 0 aliphatic carbocycles. The van der Waals surface area contributed by atoms with Crippen molar-refractivity contribution in [3.63, 3.8) is 0 Å². The van der Waals surface area contributed by atoms with Crippen molar-refractivity contribution in [1.29, 1.82) is 0 Å². The van der Waals surface area contributed by atoms with Crippen molar-refractivity contribution in [2.45, 2.75) is 19.8 Å². The molecule has 0 spiro atoms. The van der Waals surface area contributed by atoms with Crippen LogP contribution in [0.25, 0.3) is 0 Å². The fourth-order valence-corrected chi connectivity index (χ4v) is 3.28. The van der Waals surface area contributed by atoms with Gasteiger partial charge >= 0.3 is 0 Å². The number of nitrogens with zero attached hydrogens (tertiary/aromatic N) is 1. The number of hydrogen-bond acceptors (Lipinski definition) is 3. The number of ether oxygens (including phenoxy) is 1. The largest absolute Gasteiger partial charge is 0.482 e. The number of rotatable bonds is 5. The van der Waals surface area contributed by atoms with E-state index in [1.165, 1.54) is 0 Å². The number of amides is 2. The minimum absolute atomic E-state index is 0.109. The molecule has 1 aliphatic heterocycles. The lowest BCUT2D eigenvalue weighted by atomic mass is 10.1. The van der Waals surface area contributed by atoms with Gasteiger partial charge < -0.3 is 15.0 Å². The highest BCUT2D eigenvalue weighted by Gasteiger charge is 2.23. The summed E-state index contributed by atoms with van der Waals surface area (Å²) in [7, 11) is 0. The van der Waals surface area contributed by atoms with E-state index in [0.29, 0.717) is 34.4 Å². The average molecular weight is 393 g/mol. The van der Waals surface area contributed by atoms with Gasteiger partial charge in [0.25, 0.3) is 5.91 Å². The van der Waals surface area contributed by atoms with E-state index in [4.69, 9.17) is 27.9 Å². The standard InChI is InChI=1S/C19H18Cl2N2O3/c1-12-4-6-14(10-16(12)23-8-2-3-19(23)25)22-18(24)11-26-17-7-5-13(20)9-15(17)21/h4-7,9-10H,2-3,8,11H2,1H3,(H,22,24). The number of anilines is 2. The predicted molar refractivity (Wildman–Crippen MR) is 103 cm³/mol. The van der Waals surface area contributed by atoms with Crippen molar-refractivity contribution in [2.75, 3.05) is 23.4 Å². The molecule has 5 nitrogen and oxygen atoms in total. The summed E-state index contributed by atoms with van der Waals surface area (Å²) in [5.74, 6) is 0.175. The quantitative estimate of drug-likeness (QED) is 0.817. The summed E-state index contributed by atoms with van der Waals surface area (Å²) in [5, 5.41) is 3.62. The summed E-state index contributed by atoms with van der Waals surface area (Å²) in [6, 6.07) is 10.3. The Kier molecular flexibility index (Phi) is 5.69. The lowest BCUT2D eigenvalue weighted by molar-refractivity contribution is -0.118. The van der Waals surface area contributed by atoms with Crippen LogP contribution in [0.1, 0.15) is 18.4 Å². The molecule has 0 saturated carbocycles. The highest BCUT2D eigenvalue weighted by atomic mass is 35.5. The third-order valence-electron chi connectivity index (χ3n) is 4.11. The molecule has 0 aromatic heterocycles. The Morgan fingerprint density at radius 1 is 1.23 bits per heavy atom. The van der Waals surface area contributed by atoms with Crippen LogP contribution in [0.4, 0.5) is 11.4 Å². The van der Waals surface area contributed by atoms with Gasteiger partial charge in [0.05, 0.1) is 5.02 Å². The Bertz CT molecular complexity index is 855. The van der Waals surface area contributed by atoms with Crippen LogP contribution in [0.15, 0.2) is 36.4 Å². The van der Waals surface area contributed by atoms with Gasteiger partial charge in [-0.1, -0.05) is 29.3 Å². The fourth-order valence-electron chi connectivity index (χ4n) is 2.81. The number of hydrogen-bond donors (Lipinski definition) is 1. The summed E-state index contributed by atoms with van der Waals surface area (Å²) in [5.41, 5.74) is 2.43. The molecule has 3 rings (SSSR count). The second kappa shape index (κ2) is 7.98. The van der Waals surface area contributed by atoms with E-state index in [9.17, 15) is 9.59 Å². The number of carbonyl (C=O) groups is 2.